The molecule has 0 radical (unpaired) electrons. The van der Waals surface area contributed by atoms with Crippen molar-refractivity contribution in [3.63, 3.8) is 0 Å². The van der Waals surface area contributed by atoms with E-state index in [1.165, 1.54) is 30.8 Å². The summed E-state index contributed by atoms with van der Waals surface area (Å²) in [5.74, 6) is 0.530. The second-order valence-corrected chi connectivity index (χ2v) is 4.86. The van der Waals surface area contributed by atoms with Gasteiger partial charge in [0.2, 0.25) is 0 Å². The van der Waals surface area contributed by atoms with Gasteiger partial charge in [0.15, 0.2) is 5.78 Å². The second kappa shape index (κ2) is 7.13. The Bertz CT molecular complexity index is 448. The number of rotatable bonds is 7. The van der Waals surface area contributed by atoms with Gasteiger partial charge in [-0.25, -0.2) is 0 Å². The van der Waals surface area contributed by atoms with E-state index in [2.05, 4.69) is 0 Å². The molecule has 0 amide bonds. The minimum Gasteiger partial charge on any atom is -0.385 e. The summed E-state index contributed by atoms with van der Waals surface area (Å²) >= 11 is 1.52. The molecular weight excluding hydrogens is 254 g/mol. The summed E-state index contributed by atoms with van der Waals surface area (Å²) in [6.45, 7) is 1.99. The average Bonchev–Trinajstić information content (AvgIpc) is 2.34. The number of nitrogens with zero attached hydrogens (tertiary/aromatic N) is 1. The van der Waals surface area contributed by atoms with Crippen LogP contribution in [0, 0.1) is 10.1 Å². The smallest absolute Gasteiger partial charge is 0.281 e. The monoisotopic (exact) mass is 269 g/mol. The molecule has 1 rings (SSSR count). The molecule has 18 heavy (non-hydrogen) atoms. The van der Waals surface area contributed by atoms with Gasteiger partial charge in [0.1, 0.15) is 0 Å². The summed E-state index contributed by atoms with van der Waals surface area (Å²) in [5.41, 5.74) is 0.0282. The van der Waals surface area contributed by atoms with Gasteiger partial charge in [-0.3, -0.25) is 14.9 Å². The number of nitro benzene ring substituents is 1. The van der Waals surface area contributed by atoms with Crippen molar-refractivity contribution in [3.05, 3.63) is 33.9 Å². The molecule has 0 atom stereocenters. The molecule has 5 nitrogen and oxygen atoms in total. The van der Waals surface area contributed by atoms with Crippen molar-refractivity contribution in [2.24, 2.45) is 0 Å². The van der Waals surface area contributed by atoms with Crippen molar-refractivity contribution >= 4 is 23.2 Å². The Morgan fingerprint density at radius 3 is 2.78 bits per heavy atom. The van der Waals surface area contributed by atoms with Crippen LogP contribution in [0.4, 0.5) is 5.69 Å². The van der Waals surface area contributed by atoms with Crippen LogP contribution in [0.5, 0.6) is 0 Å². The predicted octanol–water partition coefficient (Wildman–Crippen LogP) is 2.93. The van der Waals surface area contributed by atoms with Gasteiger partial charge in [0.25, 0.3) is 5.69 Å². The lowest BCUT2D eigenvalue weighted by atomic mass is 10.1. The fourth-order valence-electron chi connectivity index (χ4n) is 1.44. The Labute approximate surface area is 110 Å². The predicted molar refractivity (Wildman–Crippen MR) is 70.3 cm³/mol. The fraction of sp³-hybridized carbons (Fsp3) is 0.417. The molecule has 0 saturated carbocycles. The molecule has 0 bridgehead atoms. The number of methoxy groups -OCH3 is 1. The highest BCUT2D eigenvalue weighted by atomic mass is 32.2. The number of thioether (sulfide) groups is 1. The van der Waals surface area contributed by atoms with Crippen LogP contribution in [-0.4, -0.2) is 30.2 Å². The molecule has 0 aliphatic heterocycles. The van der Waals surface area contributed by atoms with Crippen LogP contribution in [0.3, 0.4) is 0 Å². The van der Waals surface area contributed by atoms with Gasteiger partial charge in [0.05, 0.1) is 10.5 Å². The zero-order valence-electron chi connectivity index (χ0n) is 10.3. The molecule has 0 spiro atoms. The summed E-state index contributed by atoms with van der Waals surface area (Å²) in [6, 6.07) is 4.70. The Hall–Kier alpha value is -1.40. The molecule has 0 saturated heterocycles. The van der Waals surface area contributed by atoms with Crippen LogP contribution in [0.25, 0.3) is 0 Å². The van der Waals surface area contributed by atoms with E-state index < -0.39 is 4.92 Å². The summed E-state index contributed by atoms with van der Waals surface area (Å²) in [5, 5.41) is 10.9. The van der Waals surface area contributed by atoms with E-state index in [0.29, 0.717) is 6.61 Å². The van der Waals surface area contributed by atoms with Crippen LogP contribution in [0.15, 0.2) is 23.1 Å². The third-order valence-corrected chi connectivity index (χ3v) is 3.39. The number of ketones is 1. The quantitative estimate of drug-likeness (QED) is 0.250. The Balaban J connectivity index is 2.80. The molecule has 1 aromatic rings. The molecule has 0 N–H and O–H groups in total. The first-order chi connectivity index (χ1) is 8.56. The van der Waals surface area contributed by atoms with E-state index in [1.54, 1.807) is 13.2 Å². The number of benzene rings is 1. The van der Waals surface area contributed by atoms with Gasteiger partial charge in [0, 0.05) is 30.4 Å². The minimum atomic E-state index is -0.518. The number of ether oxygens (including phenoxy) is 1. The van der Waals surface area contributed by atoms with Crippen LogP contribution in [0.2, 0.25) is 0 Å². The van der Waals surface area contributed by atoms with Crippen molar-refractivity contribution in [1.82, 2.24) is 0 Å². The maximum atomic E-state index is 11.3. The average molecular weight is 269 g/mol. The lowest BCUT2D eigenvalue weighted by Gasteiger charge is -2.04. The highest BCUT2D eigenvalue weighted by Crippen LogP contribution is 2.27. The van der Waals surface area contributed by atoms with Crippen LogP contribution < -0.4 is 0 Å². The highest BCUT2D eigenvalue weighted by molar-refractivity contribution is 7.99. The fourth-order valence-corrected chi connectivity index (χ4v) is 2.30. The Morgan fingerprint density at radius 1 is 1.50 bits per heavy atom. The van der Waals surface area contributed by atoms with Gasteiger partial charge in [-0.05, 0) is 25.5 Å². The van der Waals surface area contributed by atoms with Crippen LogP contribution in [0.1, 0.15) is 23.7 Å². The lowest BCUT2D eigenvalue weighted by Crippen LogP contribution is -2.00. The van der Waals surface area contributed by atoms with E-state index in [1.807, 2.05) is 0 Å². The molecule has 0 aliphatic rings. The Kier molecular flexibility index (Phi) is 5.80. The number of nitro groups is 1. The number of hydrogen-bond acceptors (Lipinski definition) is 5. The van der Waals surface area contributed by atoms with Crippen molar-refractivity contribution in [2.45, 2.75) is 18.2 Å². The number of Topliss-reactive ketones (excluding diaryl/α,β-unsaturated/α-hetero) is 1. The second-order valence-electron chi connectivity index (χ2n) is 3.69. The molecule has 98 valence electrons. The maximum Gasteiger partial charge on any atom is 0.281 e. The van der Waals surface area contributed by atoms with E-state index in [4.69, 9.17) is 4.74 Å². The van der Waals surface area contributed by atoms with E-state index >= 15 is 0 Å². The van der Waals surface area contributed by atoms with Crippen molar-refractivity contribution in [1.29, 1.82) is 0 Å². The van der Waals surface area contributed by atoms with Gasteiger partial charge in [-0.15, -0.1) is 11.8 Å². The zero-order valence-corrected chi connectivity index (χ0v) is 11.2. The van der Waals surface area contributed by atoms with Crippen LogP contribution in [-0.2, 0) is 4.74 Å². The number of carbonyl (C=O) groups is 1. The van der Waals surface area contributed by atoms with Crippen LogP contribution >= 0.6 is 11.8 Å². The first-order valence-corrected chi connectivity index (χ1v) is 6.46. The molecule has 0 aliphatic carbocycles. The first-order valence-electron chi connectivity index (χ1n) is 5.47. The van der Waals surface area contributed by atoms with E-state index in [-0.39, 0.29) is 17.0 Å². The summed E-state index contributed by atoms with van der Waals surface area (Å²) < 4.78 is 4.93. The van der Waals surface area contributed by atoms with Crippen molar-refractivity contribution in [3.8, 4) is 0 Å². The topological polar surface area (TPSA) is 69.4 Å². The minimum absolute atomic E-state index is 0.126. The zero-order chi connectivity index (χ0) is 13.5. The number of carbonyl (C=O) groups excluding carboxylic acids is 1. The van der Waals surface area contributed by atoms with Gasteiger partial charge < -0.3 is 4.74 Å². The van der Waals surface area contributed by atoms with Crippen molar-refractivity contribution < 1.29 is 14.5 Å². The summed E-state index contributed by atoms with van der Waals surface area (Å²) in [4.78, 5) is 22.4. The molecular formula is C12H15NO4S. The third kappa shape index (κ3) is 4.12. The highest BCUT2D eigenvalue weighted by Gasteiger charge is 2.17. The van der Waals surface area contributed by atoms with E-state index in [0.717, 1.165) is 17.1 Å². The molecule has 0 aromatic heterocycles. The van der Waals surface area contributed by atoms with Gasteiger partial charge in [-0.1, -0.05) is 0 Å². The molecule has 0 fully saturated rings. The van der Waals surface area contributed by atoms with Gasteiger partial charge >= 0.3 is 0 Å². The molecule has 0 heterocycles. The normalized spacial score (nSPS) is 10.3. The third-order valence-electron chi connectivity index (χ3n) is 2.31. The van der Waals surface area contributed by atoms with Crippen molar-refractivity contribution in [2.75, 3.05) is 19.5 Å². The first kappa shape index (κ1) is 14.7. The number of hydrogen-bond donors (Lipinski definition) is 0. The largest absolute Gasteiger partial charge is 0.385 e. The molecule has 6 heteroatoms. The summed E-state index contributed by atoms with van der Waals surface area (Å²) in [7, 11) is 1.64. The SMILES string of the molecule is COCCCSc1ccc(C(C)=O)c([N+](=O)[O-])c1. The summed E-state index contributed by atoms with van der Waals surface area (Å²) in [6.07, 6.45) is 0.878. The molecule has 1 aromatic carbocycles. The molecule has 0 unspecified atom stereocenters. The standard InChI is InChI=1S/C12H15NO4S/c1-9(14)11-5-4-10(8-12(11)13(15)16)18-7-3-6-17-2/h4-5,8H,3,6-7H2,1-2H3. The van der Waals surface area contributed by atoms with Gasteiger partial charge in [-0.2, -0.15) is 0 Å². The lowest BCUT2D eigenvalue weighted by molar-refractivity contribution is -0.385. The maximum absolute atomic E-state index is 11.3. The van der Waals surface area contributed by atoms with E-state index in [9.17, 15) is 14.9 Å². The Morgan fingerprint density at radius 2 is 2.22 bits per heavy atom.